The molecule has 0 aliphatic carbocycles. The lowest BCUT2D eigenvalue weighted by Gasteiger charge is -2.05. The Morgan fingerprint density at radius 1 is 1.44 bits per heavy atom. The van der Waals surface area contributed by atoms with E-state index in [2.05, 4.69) is 16.7 Å². The predicted molar refractivity (Wildman–Crippen MR) is 61.0 cm³/mol. The lowest BCUT2D eigenvalue weighted by atomic mass is 10.2. The van der Waals surface area contributed by atoms with Crippen molar-refractivity contribution in [2.45, 2.75) is 6.92 Å². The molecule has 4 heteroatoms. The highest BCUT2D eigenvalue weighted by atomic mass is 16.5. The molecule has 0 saturated heterocycles. The molecule has 4 nitrogen and oxygen atoms in total. The van der Waals surface area contributed by atoms with Gasteiger partial charge >= 0.3 is 0 Å². The van der Waals surface area contributed by atoms with Crippen LogP contribution in [0.15, 0.2) is 35.4 Å². The highest BCUT2D eigenvalue weighted by Crippen LogP contribution is 2.27. The van der Waals surface area contributed by atoms with E-state index in [9.17, 15) is 0 Å². The molecule has 1 aromatic carbocycles. The Bertz CT molecular complexity index is 491. The highest BCUT2D eigenvalue weighted by molar-refractivity contribution is 5.64. The second kappa shape index (κ2) is 4.61. The second-order valence-electron chi connectivity index (χ2n) is 3.09. The number of para-hydroxylation sites is 1. The third kappa shape index (κ3) is 1.95. The second-order valence-corrected chi connectivity index (χ2v) is 3.09. The van der Waals surface area contributed by atoms with Crippen LogP contribution in [0.2, 0.25) is 0 Å². The van der Waals surface area contributed by atoms with E-state index < -0.39 is 0 Å². The highest BCUT2D eigenvalue weighted by Gasteiger charge is 2.11. The minimum Gasteiger partial charge on any atom is -0.493 e. The number of nitrogens with zero attached hydrogens (tertiary/aromatic N) is 2. The Morgan fingerprint density at radius 3 is 2.94 bits per heavy atom. The maximum absolute atomic E-state index is 5.49. The van der Waals surface area contributed by atoms with Crippen molar-refractivity contribution in [2.24, 2.45) is 0 Å². The summed E-state index contributed by atoms with van der Waals surface area (Å²) in [6.07, 6.45) is 1.51. The molecule has 0 aliphatic heterocycles. The molecule has 0 aliphatic rings. The fraction of sp³-hybridized carbons (Fsp3) is 0.167. The van der Waals surface area contributed by atoms with E-state index in [1.54, 1.807) is 0 Å². The van der Waals surface area contributed by atoms with Crippen LogP contribution in [0.4, 0.5) is 0 Å². The minimum absolute atomic E-state index is 0.404. The zero-order valence-corrected chi connectivity index (χ0v) is 9.01. The first-order valence-electron chi connectivity index (χ1n) is 5.03. The smallest absolute Gasteiger partial charge is 0.250 e. The summed E-state index contributed by atoms with van der Waals surface area (Å²) in [4.78, 5) is 4.17. The molecular weight excluding hydrogens is 204 g/mol. The Labute approximate surface area is 93.6 Å². The van der Waals surface area contributed by atoms with E-state index in [0.29, 0.717) is 18.3 Å². The van der Waals surface area contributed by atoms with Crippen LogP contribution in [0.1, 0.15) is 12.8 Å². The average Bonchev–Trinajstić information content (AvgIpc) is 2.79. The predicted octanol–water partition coefficient (Wildman–Crippen LogP) is 2.78. The van der Waals surface area contributed by atoms with Crippen LogP contribution in [0.5, 0.6) is 5.75 Å². The van der Waals surface area contributed by atoms with Gasteiger partial charge in [-0.15, -0.1) is 0 Å². The molecule has 0 amide bonds. The first kappa shape index (κ1) is 10.4. The summed E-state index contributed by atoms with van der Waals surface area (Å²) in [7, 11) is 0. The molecule has 0 atom stereocenters. The summed E-state index contributed by atoms with van der Waals surface area (Å²) < 4.78 is 10.5. The van der Waals surface area contributed by atoms with E-state index in [4.69, 9.17) is 9.26 Å². The van der Waals surface area contributed by atoms with Gasteiger partial charge in [0.25, 0.3) is 0 Å². The standard InChI is InChI=1S/C12H12N2O2/c1-3-11-13-12(14-16-11)9-7-5-6-8-10(9)15-4-2/h3,5-8H,1,4H2,2H3. The van der Waals surface area contributed by atoms with Gasteiger partial charge in [0.05, 0.1) is 12.2 Å². The summed E-state index contributed by atoms with van der Waals surface area (Å²) >= 11 is 0. The molecule has 0 radical (unpaired) electrons. The zero-order chi connectivity index (χ0) is 11.4. The molecule has 0 saturated carbocycles. The van der Waals surface area contributed by atoms with Gasteiger partial charge < -0.3 is 9.26 Å². The number of hydrogen-bond donors (Lipinski definition) is 0. The molecule has 0 N–H and O–H groups in total. The van der Waals surface area contributed by atoms with Crippen molar-refractivity contribution < 1.29 is 9.26 Å². The molecule has 2 rings (SSSR count). The molecule has 82 valence electrons. The Morgan fingerprint density at radius 2 is 2.25 bits per heavy atom. The van der Waals surface area contributed by atoms with Crippen LogP contribution < -0.4 is 4.74 Å². The van der Waals surface area contributed by atoms with E-state index in [1.807, 2.05) is 31.2 Å². The summed E-state index contributed by atoms with van der Waals surface area (Å²) in [6.45, 7) is 6.10. The normalized spacial score (nSPS) is 10.1. The number of benzene rings is 1. The fourth-order valence-corrected chi connectivity index (χ4v) is 1.36. The third-order valence-electron chi connectivity index (χ3n) is 2.04. The fourth-order valence-electron chi connectivity index (χ4n) is 1.36. The van der Waals surface area contributed by atoms with Gasteiger partial charge in [-0.1, -0.05) is 23.9 Å². The van der Waals surface area contributed by atoms with Gasteiger partial charge in [-0.25, -0.2) is 0 Å². The monoisotopic (exact) mass is 216 g/mol. The molecule has 0 unspecified atom stereocenters. The van der Waals surface area contributed by atoms with Gasteiger partial charge in [0.15, 0.2) is 0 Å². The van der Waals surface area contributed by atoms with E-state index in [1.165, 1.54) is 6.08 Å². The van der Waals surface area contributed by atoms with E-state index in [-0.39, 0.29) is 0 Å². The quantitative estimate of drug-likeness (QED) is 0.788. The van der Waals surface area contributed by atoms with Crippen LogP contribution in [0.25, 0.3) is 17.5 Å². The third-order valence-corrected chi connectivity index (χ3v) is 2.04. The minimum atomic E-state index is 0.404. The summed E-state index contributed by atoms with van der Waals surface area (Å²) in [5.74, 6) is 1.67. The van der Waals surface area contributed by atoms with Crippen LogP contribution in [-0.4, -0.2) is 16.7 Å². The topological polar surface area (TPSA) is 48.2 Å². The number of rotatable bonds is 4. The maximum atomic E-state index is 5.49. The van der Waals surface area contributed by atoms with Gasteiger partial charge in [0.1, 0.15) is 5.75 Å². The average molecular weight is 216 g/mol. The van der Waals surface area contributed by atoms with Crippen molar-refractivity contribution in [1.29, 1.82) is 0 Å². The van der Waals surface area contributed by atoms with Crippen molar-refractivity contribution in [2.75, 3.05) is 6.61 Å². The number of hydrogen-bond acceptors (Lipinski definition) is 4. The van der Waals surface area contributed by atoms with E-state index in [0.717, 1.165) is 11.3 Å². The Hall–Kier alpha value is -2.10. The van der Waals surface area contributed by atoms with Crippen LogP contribution in [0, 0.1) is 0 Å². The lowest BCUT2D eigenvalue weighted by molar-refractivity contribution is 0.341. The van der Waals surface area contributed by atoms with Crippen LogP contribution >= 0.6 is 0 Å². The Balaban J connectivity index is 2.42. The molecule has 1 aromatic heterocycles. The van der Waals surface area contributed by atoms with Gasteiger partial charge in [0, 0.05) is 0 Å². The molecule has 16 heavy (non-hydrogen) atoms. The molecule has 0 fully saturated rings. The molecule has 1 heterocycles. The van der Waals surface area contributed by atoms with Crippen LogP contribution in [0.3, 0.4) is 0 Å². The number of aromatic nitrogens is 2. The summed E-state index contributed by atoms with van der Waals surface area (Å²) in [6, 6.07) is 7.58. The van der Waals surface area contributed by atoms with Crippen molar-refractivity contribution in [1.82, 2.24) is 10.1 Å². The van der Waals surface area contributed by atoms with Crippen LogP contribution in [-0.2, 0) is 0 Å². The summed E-state index contributed by atoms with van der Waals surface area (Å²) in [5, 5.41) is 3.86. The first-order valence-corrected chi connectivity index (χ1v) is 5.03. The summed E-state index contributed by atoms with van der Waals surface area (Å²) in [5.41, 5.74) is 0.821. The van der Waals surface area contributed by atoms with Gasteiger partial charge in [0.2, 0.25) is 11.7 Å². The largest absolute Gasteiger partial charge is 0.493 e. The zero-order valence-electron chi connectivity index (χ0n) is 9.01. The van der Waals surface area contributed by atoms with Gasteiger partial charge in [-0.05, 0) is 25.1 Å². The van der Waals surface area contributed by atoms with Gasteiger partial charge in [-0.2, -0.15) is 4.98 Å². The van der Waals surface area contributed by atoms with E-state index >= 15 is 0 Å². The van der Waals surface area contributed by atoms with Crippen molar-refractivity contribution >= 4 is 6.08 Å². The number of ether oxygens (including phenoxy) is 1. The van der Waals surface area contributed by atoms with Crippen molar-refractivity contribution in [3.05, 3.63) is 36.7 Å². The van der Waals surface area contributed by atoms with Crippen molar-refractivity contribution in [3.63, 3.8) is 0 Å². The molecule has 2 aromatic rings. The molecular formula is C12H12N2O2. The van der Waals surface area contributed by atoms with Gasteiger partial charge in [-0.3, -0.25) is 0 Å². The Kier molecular flexibility index (Phi) is 3.00. The SMILES string of the molecule is C=Cc1nc(-c2ccccc2OCC)no1. The van der Waals surface area contributed by atoms with Crippen molar-refractivity contribution in [3.8, 4) is 17.1 Å². The molecule has 0 bridgehead atoms. The maximum Gasteiger partial charge on any atom is 0.250 e. The first-order chi connectivity index (χ1) is 7.85. The molecule has 0 spiro atoms. The lowest BCUT2D eigenvalue weighted by Crippen LogP contribution is -1.94.